The van der Waals surface area contributed by atoms with Crippen molar-refractivity contribution in [1.82, 2.24) is 15.3 Å². The van der Waals surface area contributed by atoms with Crippen LogP contribution in [-0.2, 0) is 0 Å². The van der Waals surface area contributed by atoms with Crippen molar-refractivity contribution in [1.29, 1.82) is 0 Å². The van der Waals surface area contributed by atoms with Gasteiger partial charge in [0, 0.05) is 11.9 Å². The Labute approximate surface area is 99.0 Å². The molecule has 3 N–H and O–H groups in total. The lowest BCUT2D eigenvalue weighted by Crippen LogP contribution is -2.20. The normalized spacial score (nSPS) is 19.6. The van der Waals surface area contributed by atoms with Gasteiger partial charge in [-0.2, -0.15) is 9.97 Å². The van der Waals surface area contributed by atoms with Crippen molar-refractivity contribution in [2.75, 3.05) is 18.8 Å². The number of benzene rings is 1. The van der Waals surface area contributed by atoms with Crippen LogP contribution in [0.2, 0.25) is 0 Å². The first-order chi connectivity index (χ1) is 8.33. The van der Waals surface area contributed by atoms with E-state index in [0.29, 0.717) is 11.8 Å². The Bertz CT molecular complexity index is 537. The van der Waals surface area contributed by atoms with Crippen LogP contribution in [0.25, 0.3) is 10.9 Å². The van der Waals surface area contributed by atoms with E-state index in [2.05, 4.69) is 15.3 Å². The lowest BCUT2D eigenvalue weighted by Gasteiger charge is -2.11. The summed E-state index contributed by atoms with van der Waals surface area (Å²) in [5.74, 6) is 0.469. The minimum Gasteiger partial charge on any atom is -0.459 e. The Hall–Kier alpha value is -1.88. The van der Waals surface area contributed by atoms with Gasteiger partial charge >= 0.3 is 6.01 Å². The highest BCUT2D eigenvalue weighted by atomic mass is 16.5. The molecule has 0 radical (unpaired) electrons. The largest absolute Gasteiger partial charge is 0.459 e. The number of nitrogens with two attached hydrogens (primary N) is 1. The van der Waals surface area contributed by atoms with Crippen molar-refractivity contribution >= 4 is 16.7 Å². The third kappa shape index (κ3) is 2.01. The zero-order valence-corrected chi connectivity index (χ0v) is 9.39. The molecule has 0 bridgehead atoms. The smallest absolute Gasteiger partial charge is 0.319 e. The summed E-state index contributed by atoms with van der Waals surface area (Å²) < 4.78 is 5.70. The second-order valence-electron chi connectivity index (χ2n) is 4.14. The van der Waals surface area contributed by atoms with Crippen molar-refractivity contribution in [2.24, 2.45) is 0 Å². The van der Waals surface area contributed by atoms with Gasteiger partial charge in [0.1, 0.15) is 11.9 Å². The van der Waals surface area contributed by atoms with Crippen LogP contribution < -0.4 is 15.8 Å². The van der Waals surface area contributed by atoms with E-state index in [4.69, 9.17) is 10.5 Å². The van der Waals surface area contributed by atoms with Crippen LogP contribution >= 0.6 is 0 Å². The van der Waals surface area contributed by atoms with Crippen molar-refractivity contribution in [2.45, 2.75) is 12.5 Å². The third-order valence-corrected chi connectivity index (χ3v) is 2.90. The van der Waals surface area contributed by atoms with E-state index in [1.165, 1.54) is 0 Å². The number of hydrogen-bond acceptors (Lipinski definition) is 5. The highest BCUT2D eigenvalue weighted by Crippen LogP contribution is 2.21. The molecule has 88 valence electrons. The van der Waals surface area contributed by atoms with Gasteiger partial charge in [-0.05, 0) is 25.1 Å². The van der Waals surface area contributed by atoms with E-state index >= 15 is 0 Å². The van der Waals surface area contributed by atoms with E-state index in [-0.39, 0.29) is 6.10 Å². The summed E-state index contributed by atoms with van der Waals surface area (Å²) in [7, 11) is 0. The molecule has 2 heterocycles. The number of nitrogens with one attached hydrogen (secondary N) is 1. The first kappa shape index (κ1) is 10.3. The molecule has 1 aliphatic rings. The van der Waals surface area contributed by atoms with Crippen LogP contribution in [0.1, 0.15) is 6.42 Å². The number of anilines is 1. The molecular formula is C12H14N4O. The van der Waals surface area contributed by atoms with Crippen LogP contribution in [0.15, 0.2) is 24.3 Å². The SMILES string of the molecule is Nc1nc(O[C@@H]2CCNC2)nc2ccccc12. The molecule has 2 aromatic rings. The Morgan fingerprint density at radius 2 is 2.18 bits per heavy atom. The molecule has 17 heavy (non-hydrogen) atoms. The molecule has 0 amide bonds. The highest BCUT2D eigenvalue weighted by molar-refractivity contribution is 5.88. The molecule has 1 aromatic heterocycles. The van der Waals surface area contributed by atoms with Gasteiger partial charge in [-0.3, -0.25) is 0 Å². The fourth-order valence-electron chi connectivity index (χ4n) is 2.01. The summed E-state index contributed by atoms with van der Waals surface area (Å²) >= 11 is 0. The number of nitrogen functional groups attached to an aromatic ring is 1. The van der Waals surface area contributed by atoms with Crippen LogP contribution in [0, 0.1) is 0 Å². The third-order valence-electron chi connectivity index (χ3n) is 2.90. The summed E-state index contributed by atoms with van der Waals surface area (Å²) in [4.78, 5) is 8.54. The molecule has 1 atom stereocenters. The van der Waals surface area contributed by atoms with E-state index in [0.717, 1.165) is 30.4 Å². The molecule has 0 unspecified atom stereocenters. The first-order valence-corrected chi connectivity index (χ1v) is 5.72. The second-order valence-corrected chi connectivity index (χ2v) is 4.14. The standard InChI is InChI=1S/C12H14N4O/c13-11-9-3-1-2-4-10(9)15-12(16-11)17-8-5-6-14-7-8/h1-4,8,14H,5-7H2,(H2,13,15,16)/t8-/m1/s1. The summed E-state index contributed by atoms with van der Waals surface area (Å²) in [5, 5.41) is 4.10. The number of ether oxygens (including phenoxy) is 1. The maximum absolute atomic E-state index is 5.88. The topological polar surface area (TPSA) is 73.1 Å². The van der Waals surface area contributed by atoms with E-state index in [1.807, 2.05) is 24.3 Å². The van der Waals surface area contributed by atoms with Crippen molar-refractivity contribution in [3.05, 3.63) is 24.3 Å². The van der Waals surface area contributed by atoms with Crippen molar-refractivity contribution in [3.63, 3.8) is 0 Å². The fraction of sp³-hybridized carbons (Fsp3) is 0.333. The summed E-state index contributed by atoms with van der Waals surface area (Å²) in [5.41, 5.74) is 6.70. The maximum atomic E-state index is 5.88. The monoisotopic (exact) mass is 230 g/mol. The molecule has 1 saturated heterocycles. The highest BCUT2D eigenvalue weighted by Gasteiger charge is 2.17. The number of para-hydroxylation sites is 1. The van der Waals surface area contributed by atoms with Gasteiger partial charge in [-0.1, -0.05) is 12.1 Å². The molecule has 1 fully saturated rings. The zero-order chi connectivity index (χ0) is 11.7. The molecule has 5 heteroatoms. The lowest BCUT2D eigenvalue weighted by atomic mass is 10.2. The van der Waals surface area contributed by atoms with Crippen LogP contribution in [0.4, 0.5) is 5.82 Å². The summed E-state index contributed by atoms with van der Waals surface area (Å²) in [6.45, 7) is 1.82. The van der Waals surface area contributed by atoms with E-state index < -0.39 is 0 Å². The maximum Gasteiger partial charge on any atom is 0.319 e. The second kappa shape index (κ2) is 4.18. The minimum absolute atomic E-state index is 0.149. The number of hydrogen-bond donors (Lipinski definition) is 2. The van der Waals surface area contributed by atoms with Gasteiger partial charge < -0.3 is 15.8 Å². The Kier molecular flexibility index (Phi) is 2.53. The average Bonchev–Trinajstić information content (AvgIpc) is 2.82. The Morgan fingerprint density at radius 3 is 3.00 bits per heavy atom. The van der Waals surface area contributed by atoms with Crippen molar-refractivity contribution < 1.29 is 4.74 Å². The number of rotatable bonds is 2. The van der Waals surface area contributed by atoms with Crippen LogP contribution in [0.5, 0.6) is 6.01 Å². The van der Waals surface area contributed by atoms with Crippen LogP contribution in [-0.4, -0.2) is 29.2 Å². The Morgan fingerprint density at radius 1 is 1.29 bits per heavy atom. The number of fused-ring (bicyclic) bond motifs is 1. The predicted octanol–water partition coefficient (Wildman–Crippen LogP) is 0.953. The molecule has 0 spiro atoms. The number of aromatic nitrogens is 2. The first-order valence-electron chi connectivity index (χ1n) is 5.72. The van der Waals surface area contributed by atoms with Gasteiger partial charge in [0.05, 0.1) is 5.52 Å². The zero-order valence-electron chi connectivity index (χ0n) is 9.39. The lowest BCUT2D eigenvalue weighted by molar-refractivity contribution is 0.205. The molecule has 0 saturated carbocycles. The van der Waals surface area contributed by atoms with Gasteiger partial charge in [-0.15, -0.1) is 0 Å². The molecule has 0 aliphatic carbocycles. The van der Waals surface area contributed by atoms with Gasteiger partial charge in [-0.25, -0.2) is 0 Å². The van der Waals surface area contributed by atoms with E-state index in [9.17, 15) is 0 Å². The van der Waals surface area contributed by atoms with Gasteiger partial charge in [0.25, 0.3) is 0 Å². The van der Waals surface area contributed by atoms with Gasteiger partial charge in [0.2, 0.25) is 0 Å². The quantitative estimate of drug-likeness (QED) is 0.803. The molecule has 1 aliphatic heterocycles. The van der Waals surface area contributed by atoms with Crippen molar-refractivity contribution in [3.8, 4) is 6.01 Å². The molecular weight excluding hydrogens is 216 g/mol. The Balaban J connectivity index is 1.94. The molecule has 3 rings (SSSR count). The minimum atomic E-state index is 0.149. The van der Waals surface area contributed by atoms with Gasteiger partial charge in [0.15, 0.2) is 0 Å². The fourth-order valence-corrected chi connectivity index (χ4v) is 2.01. The molecule has 1 aromatic carbocycles. The summed E-state index contributed by atoms with van der Waals surface area (Å²) in [6, 6.07) is 8.03. The van der Waals surface area contributed by atoms with Crippen LogP contribution in [0.3, 0.4) is 0 Å². The summed E-state index contributed by atoms with van der Waals surface area (Å²) in [6.07, 6.45) is 1.13. The predicted molar refractivity (Wildman–Crippen MR) is 65.9 cm³/mol. The number of nitrogens with zero attached hydrogens (tertiary/aromatic N) is 2. The van der Waals surface area contributed by atoms with E-state index in [1.54, 1.807) is 0 Å². The average molecular weight is 230 g/mol. The molecule has 5 nitrogen and oxygen atoms in total.